The third-order valence-electron chi connectivity index (χ3n) is 1.96. The van der Waals surface area contributed by atoms with Gasteiger partial charge in [0.15, 0.2) is 0 Å². The Morgan fingerprint density at radius 3 is 2.58 bits per heavy atom. The molecule has 0 fully saturated rings. The number of aliphatic hydroxyl groups excluding tert-OH is 2. The fourth-order valence-corrected chi connectivity index (χ4v) is 1.44. The van der Waals surface area contributed by atoms with Crippen LogP contribution in [0.5, 0.6) is 0 Å². The molecule has 2 atom stereocenters. The number of aliphatic hydroxyl groups is 2. The van der Waals surface area contributed by atoms with E-state index in [1.54, 1.807) is 12.2 Å². The largest absolute Gasteiger partial charge is 0.386 e. The van der Waals surface area contributed by atoms with Gasteiger partial charge in [0.2, 0.25) is 0 Å². The average Bonchev–Trinajstić information content (AvgIpc) is 2.07. The summed E-state index contributed by atoms with van der Waals surface area (Å²) in [4.78, 5) is 0. The molecular weight excluding hydrogens is 176 g/mol. The summed E-state index contributed by atoms with van der Waals surface area (Å²) in [5.41, 5.74) is 0.856. The van der Waals surface area contributed by atoms with Crippen molar-refractivity contribution in [1.82, 2.24) is 0 Å². The lowest BCUT2D eigenvalue weighted by Gasteiger charge is -2.23. The first-order valence-corrected chi connectivity index (χ1v) is 4.47. The van der Waals surface area contributed by atoms with E-state index >= 15 is 0 Å². The van der Waals surface area contributed by atoms with Gasteiger partial charge in [-0.05, 0) is 18.1 Å². The Kier molecular flexibility index (Phi) is 3.32. The quantitative estimate of drug-likeness (QED) is 0.691. The second kappa shape index (κ2) is 4.08. The van der Waals surface area contributed by atoms with Gasteiger partial charge in [-0.2, -0.15) is 0 Å². The van der Waals surface area contributed by atoms with Crippen LogP contribution in [0.1, 0.15) is 19.8 Å². The molecule has 0 aliphatic heterocycles. The van der Waals surface area contributed by atoms with Gasteiger partial charge in [0.1, 0.15) is 12.2 Å². The molecular formula is C9H13ClO2. The van der Waals surface area contributed by atoms with Crippen molar-refractivity contribution >= 4 is 11.6 Å². The second-order valence-electron chi connectivity index (χ2n) is 2.93. The smallest absolute Gasteiger partial charge is 0.119 e. The lowest BCUT2D eigenvalue weighted by Crippen LogP contribution is -2.30. The summed E-state index contributed by atoms with van der Waals surface area (Å²) in [5.74, 6) is 0. The van der Waals surface area contributed by atoms with Gasteiger partial charge in [-0.3, -0.25) is 0 Å². The minimum Gasteiger partial charge on any atom is -0.386 e. The van der Waals surface area contributed by atoms with Crippen LogP contribution in [0.25, 0.3) is 0 Å². The molecule has 0 aromatic rings. The van der Waals surface area contributed by atoms with Gasteiger partial charge in [-0.1, -0.05) is 31.0 Å². The minimum absolute atomic E-state index is 0.308. The van der Waals surface area contributed by atoms with E-state index in [-0.39, 0.29) is 0 Å². The molecule has 0 amide bonds. The number of hydrogen-bond donors (Lipinski definition) is 2. The van der Waals surface area contributed by atoms with Crippen LogP contribution in [0.2, 0.25) is 0 Å². The summed E-state index contributed by atoms with van der Waals surface area (Å²) < 4.78 is 0. The molecule has 1 aliphatic rings. The van der Waals surface area contributed by atoms with Gasteiger partial charge in [0, 0.05) is 5.03 Å². The highest BCUT2D eigenvalue weighted by Gasteiger charge is 2.25. The third kappa shape index (κ3) is 1.89. The van der Waals surface area contributed by atoms with Crippen LogP contribution < -0.4 is 0 Å². The SMILES string of the molecule is CCCC1=CC=C(Cl)[C@H](O)[C@@H]1O. The first-order valence-electron chi connectivity index (χ1n) is 4.09. The number of hydrogen-bond acceptors (Lipinski definition) is 2. The zero-order chi connectivity index (χ0) is 9.14. The number of halogens is 1. The molecule has 0 unspecified atom stereocenters. The molecule has 0 aromatic heterocycles. The van der Waals surface area contributed by atoms with Crippen LogP contribution in [0.4, 0.5) is 0 Å². The summed E-state index contributed by atoms with van der Waals surface area (Å²) in [6.45, 7) is 2.03. The van der Waals surface area contributed by atoms with Crippen LogP contribution in [-0.4, -0.2) is 22.4 Å². The fourth-order valence-electron chi connectivity index (χ4n) is 1.26. The lowest BCUT2D eigenvalue weighted by molar-refractivity contribution is 0.0662. The van der Waals surface area contributed by atoms with Crippen LogP contribution in [-0.2, 0) is 0 Å². The van der Waals surface area contributed by atoms with Crippen LogP contribution in [0, 0.1) is 0 Å². The van der Waals surface area contributed by atoms with E-state index < -0.39 is 12.2 Å². The summed E-state index contributed by atoms with van der Waals surface area (Å²) in [7, 11) is 0. The maximum atomic E-state index is 9.50. The summed E-state index contributed by atoms with van der Waals surface area (Å²) in [6.07, 6.45) is 3.44. The predicted octanol–water partition coefficient (Wildman–Crippen LogP) is 1.57. The Bertz CT molecular complexity index is 221. The van der Waals surface area contributed by atoms with Gasteiger partial charge in [0.25, 0.3) is 0 Å². The van der Waals surface area contributed by atoms with E-state index in [0.29, 0.717) is 5.03 Å². The van der Waals surface area contributed by atoms with Gasteiger partial charge >= 0.3 is 0 Å². The monoisotopic (exact) mass is 188 g/mol. The van der Waals surface area contributed by atoms with Gasteiger partial charge < -0.3 is 10.2 Å². The molecule has 3 heteroatoms. The molecule has 0 heterocycles. The number of allylic oxidation sites excluding steroid dienone is 2. The van der Waals surface area contributed by atoms with Crippen molar-refractivity contribution in [3.05, 3.63) is 22.8 Å². The van der Waals surface area contributed by atoms with Crippen molar-refractivity contribution in [3.8, 4) is 0 Å². The summed E-state index contributed by atoms with van der Waals surface area (Å²) in [6, 6.07) is 0. The van der Waals surface area contributed by atoms with Crippen LogP contribution in [0.3, 0.4) is 0 Å². The molecule has 2 N–H and O–H groups in total. The Morgan fingerprint density at radius 1 is 1.33 bits per heavy atom. The summed E-state index contributed by atoms with van der Waals surface area (Å²) >= 11 is 5.63. The van der Waals surface area contributed by atoms with Crippen LogP contribution >= 0.6 is 11.6 Å². The molecule has 2 nitrogen and oxygen atoms in total. The first-order chi connectivity index (χ1) is 5.66. The minimum atomic E-state index is -0.932. The van der Waals surface area contributed by atoms with Gasteiger partial charge in [0.05, 0.1) is 0 Å². The molecule has 0 radical (unpaired) electrons. The lowest BCUT2D eigenvalue weighted by atomic mass is 9.95. The highest BCUT2D eigenvalue weighted by molar-refractivity contribution is 6.30. The van der Waals surface area contributed by atoms with Crippen molar-refractivity contribution < 1.29 is 10.2 Å². The zero-order valence-corrected chi connectivity index (χ0v) is 7.75. The Balaban J connectivity index is 2.75. The van der Waals surface area contributed by atoms with E-state index in [4.69, 9.17) is 11.6 Å². The molecule has 0 bridgehead atoms. The van der Waals surface area contributed by atoms with Crippen molar-refractivity contribution in [2.75, 3.05) is 0 Å². The van der Waals surface area contributed by atoms with Gasteiger partial charge in [-0.25, -0.2) is 0 Å². The Labute approximate surface area is 77.2 Å². The standard InChI is InChI=1S/C9H13ClO2/c1-2-3-6-4-5-7(10)9(12)8(6)11/h4-5,8-9,11-12H,2-3H2,1H3/t8-,9+/m1/s1. The van der Waals surface area contributed by atoms with E-state index in [2.05, 4.69) is 0 Å². The fraction of sp³-hybridized carbons (Fsp3) is 0.556. The molecule has 1 aliphatic carbocycles. The predicted molar refractivity (Wildman–Crippen MR) is 48.9 cm³/mol. The zero-order valence-electron chi connectivity index (χ0n) is 7.00. The van der Waals surface area contributed by atoms with Crippen molar-refractivity contribution in [2.24, 2.45) is 0 Å². The van der Waals surface area contributed by atoms with Crippen molar-refractivity contribution in [2.45, 2.75) is 32.0 Å². The van der Waals surface area contributed by atoms with Crippen LogP contribution in [0.15, 0.2) is 22.8 Å². The maximum Gasteiger partial charge on any atom is 0.119 e. The average molecular weight is 189 g/mol. The van der Waals surface area contributed by atoms with Crippen molar-refractivity contribution in [1.29, 1.82) is 0 Å². The third-order valence-corrected chi connectivity index (χ3v) is 2.31. The molecule has 1 rings (SSSR count). The molecule has 68 valence electrons. The summed E-state index contributed by atoms with van der Waals surface area (Å²) in [5, 5.41) is 19.2. The highest BCUT2D eigenvalue weighted by atomic mass is 35.5. The molecule has 0 saturated heterocycles. The van der Waals surface area contributed by atoms with E-state index in [9.17, 15) is 10.2 Å². The van der Waals surface area contributed by atoms with E-state index in [0.717, 1.165) is 18.4 Å². The molecule has 0 saturated carbocycles. The topological polar surface area (TPSA) is 40.5 Å². The maximum absolute atomic E-state index is 9.50. The van der Waals surface area contributed by atoms with Crippen molar-refractivity contribution in [3.63, 3.8) is 0 Å². The highest BCUT2D eigenvalue weighted by Crippen LogP contribution is 2.24. The second-order valence-corrected chi connectivity index (χ2v) is 3.37. The normalized spacial score (nSPS) is 29.7. The Morgan fingerprint density at radius 2 is 2.00 bits per heavy atom. The Hall–Kier alpha value is -0.310. The van der Waals surface area contributed by atoms with E-state index in [1.807, 2.05) is 6.92 Å². The van der Waals surface area contributed by atoms with E-state index in [1.165, 1.54) is 0 Å². The number of rotatable bonds is 2. The molecule has 0 aromatic carbocycles. The van der Waals surface area contributed by atoms with Gasteiger partial charge in [-0.15, -0.1) is 0 Å². The molecule has 0 spiro atoms. The molecule has 12 heavy (non-hydrogen) atoms. The first kappa shape index (κ1) is 9.78.